The van der Waals surface area contributed by atoms with Crippen LogP contribution in [0.25, 0.3) is 22.3 Å². The van der Waals surface area contributed by atoms with E-state index in [-0.39, 0.29) is 12.2 Å². The number of pyridine rings is 2. The Labute approximate surface area is 157 Å². The molecular weight excluding hydrogens is 369 g/mol. The van der Waals surface area contributed by atoms with Crippen LogP contribution in [0.4, 0.5) is 13.2 Å². The Kier molecular flexibility index (Phi) is 4.26. The van der Waals surface area contributed by atoms with Gasteiger partial charge in [0.2, 0.25) is 0 Å². The summed E-state index contributed by atoms with van der Waals surface area (Å²) < 4.78 is 40.5. The van der Waals surface area contributed by atoms with E-state index in [1.165, 1.54) is 16.8 Å². The first-order chi connectivity index (χ1) is 13.3. The first-order valence-electron chi connectivity index (χ1n) is 8.49. The summed E-state index contributed by atoms with van der Waals surface area (Å²) in [7, 11) is 0. The van der Waals surface area contributed by atoms with Gasteiger partial charge in [-0.2, -0.15) is 13.2 Å². The molecule has 28 heavy (non-hydrogen) atoms. The Balaban J connectivity index is 1.81. The van der Waals surface area contributed by atoms with Gasteiger partial charge in [0, 0.05) is 18.0 Å². The van der Waals surface area contributed by atoms with Crippen molar-refractivity contribution in [1.82, 2.24) is 19.5 Å². The average molecular weight is 384 g/mol. The fourth-order valence-corrected chi connectivity index (χ4v) is 3.06. The van der Waals surface area contributed by atoms with Crippen LogP contribution in [0.15, 0.2) is 59.7 Å². The lowest BCUT2D eigenvalue weighted by molar-refractivity contribution is -0.137. The normalized spacial score (nSPS) is 11.9. The van der Waals surface area contributed by atoms with Crippen LogP contribution in [0.5, 0.6) is 0 Å². The lowest BCUT2D eigenvalue weighted by Gasteiger charge is -2.09. The van der Waals surface area contributed by atoms with Crippen LogP contribution in [0, 0.1) is 6.92 Å². The third kappa shape index (κ3) is 3.28. The van der Waals surface area contributed by atoms with Crippen LogP contribution in [0.2, 0.25) is 0 Å². The molecule has 0 saturated carbocycles. The van der Waals surface area contributed by atoms with Gasteiger partial charge in [-0.25, -0.2) is 9.78 Å². The maximum atomic E-state index is 13.0. The molecule has 5 nitrogen and oxygen atoms in total. The molecule has 0 atom stereocenters. The van der Waals surface area contributed by atoms with Crippen molar-refractivity contribution in [3.05, 3.63) is 82.2 Å². The van der Waals surface area contributed by atoms with Gasteiger partial charge in [0.05, 0.1) is 23.3 Å². The molecule has 3 aromatic heterocycles. The van der Waals surface area contributed by atoms with E-state index in [0.717, 1.165) is 23.4 Å². The fourth-order valence-electron chi connectivity index (χ4n) is 3.06. The van der Waals surface area contributed by atoms with E-state index in [1.807, 2.05) is 19.1 Å². The number of imidazole rings is 1. The van der Waals surface area contributed by atoms with Crippen molar-refractivity contribution in [3.63, 3.8) is 0 Å². The Morgan fingerprint density at radius 3 is 2.64 bits per heavy atom. The largest absolute Gasteiger partial charge is 0.416 e. The molecule has 1 N–H and O–H groups in total. The number of alkyl halides is 3. The molecule has 0 unspecified atom stereocenters. The zero-order valence-corrected chi connectivity index (χ0v) is 14.8. The summed E-state index contributed by atoms with van der Waals surface area (Å²) in [6.07, 6.45) is -1.33. The number of benzene rings is 1. The standard InChI is InChI=1S/C20H15F3N4O/c1-12-4-3-7-24-16(12)11-27-17-9-14(10-25-18(17)26-19(27)28)13-5-2-6-15(8-13)20(21,22)23/h2-10H,11H2,1H3,(H,25,26,28). The number of H-pyrrole nitrogens is 1. The molecule has 0 aliphatic carbocycles. The third-order valence-corrected chi connectivity index (χ3v) is 4.58. The minimum Gasteiger partial charge on any atom is -0.290 e. The number of fused-ring (bicyclic) bond motifs is 1. The lowest BCUT2D eigenvalue weighted by atomic mass is 10.0. The van der Waals surface area contributed by atoms with Gasteiger partial charge in [0.25, 0.3) is 0 Å². The fraction of sp³-hybridized carbons (Fsp3) is 0.150. The Hall–Kier alpha value is -3.42. The zero-order chi connectivity index (χ0) is 19.9. The monoisotopic (exact) mass is 384 g/mol. The maximum absolute atomic E-state index is 13.0. The van der Waals surface area contributed by atoms with Gasteiger partial charge in [-0.3, -0.25) is 14.5 Å². The van der Waals surface area contributed by atoms with E-state index >= 15 is 0 Å². The van der Waals surface area contributed by atoms with Crippen molar-refractivity contribution in [1.29, 1.82) is 0 Å². The molecule has 142 valence electrons. The summed E-state index contributed by atoms with van der Waals surface area (Å²) in [5.74, 6) is 0. The Morgan fingerprint density at radius 2 is 1.89 bits per heavy atom. The number of aromatic nitrogens is 4. The number of hydrogen-bond donors (Lipinski definition) is 1. The summed E-state index contributed by atoms with van der Waals surface area (Å²) in [4.78, 5) is 23.6. The Morgan fingerprint density at radius 1 is 1.07 bits per heavy atom. The SMILES string of the molecule is Cc1cccnc1Cn1c(=O)[nH]c2ncc(-c3cccc(C(F)(F)F)c3)cc21. The maximum Gasteiger partial charge on any atom is 0.416 e. The van der Waals surface area contributed by atoms with Gasteiger partial charge in [-0.15, -0.1) is 0 Å². The summed E-state index contributed by atoms with van der Waals surface area (Å²) in [5, 5.41) is 0. The molecule has 0 aliphatic rings. The molecule has 1 aromatic carbocycles. The predicted octanol–water partition coefficient (Wildman–Crippen LogP) is 4.16. The number of aromatic amines is 1. The molecule has 0 bridgehead atoms. The smallest absolute Gasteiger partial charge is 0.290 e. The second kappa shape index (κ2) is 6.63. The summed E-state index contributed by atoms with van der Waals surface area (Å²) in [6.45, 7) is 2.13. The second-order valence-corrected chi connectivity index (χ2v) is 6.45. The van der Waals surface area contributed by atoms with E-state index < -0.39 is 11.7 Å². The molecular formula is C20H15F3N4O. The number of hydrogen-bond acceptors (Lipinski definition) is 3. The zero-order valence-electron chi connectivity index (χ0n) is 14.8. The van der Waals surface area contributed by atoms with Crippen molar-refractivity contribution < 1.29 is 13.2 Å². The quantitative estimate of drug-likeness (QED) is 0.577. The van der Waals surface area contributed by atoms with Gasteiger partial charge in [-0.1, -0.05) is 18.2 Å². The van der Waals surface area contributed by atoms with Crippen LogP contribution in [-0.4, -0.2) is 19.5 Å². The van der Waals surface area contributed by atoms with Crippen molar-refractivity contribution in [2.24, 2.45) is 0 Å². The van der Waals surface area contributed by atoms with Crippen molar-refractivity contribution in [2.45, 2.75) is 19.6 Å². The van der Waals surface area contributed by atoms with Crippen molar-refractivity contribution >= 4 is 11.2 Å². The lowest BCUT2D eigenvalue weighted by Crippen LogP contribution is -2.18. The van der Waals surface area contributed by atoms with E-state index in [4.69, 9.17) is 0 Å². The number of halogens is 3. The number of rotatable bonds is 3. The van der Waals surface area contributed by atoms with Crippen LogP contribution >= 0.6 is 0 Å². The van der Waals surface area contributed by atoms with E-state index in [9.17, 15) is 18.0 Å². The van der Waals surface area contributed by atoms with Gasteiger partial charge >= 0.3 is 11.9 Å². The number of nitrogens with zero attached hydrogens (tertiary/aromatic N) is 3. The molecule has 0 amide bonds. The minimum absolute atomic E-state index is 0.235. The molecule has 8 heteroatoms. The van der Waals surface area contributed by atoms with Crippen molar-refractivity contribution in [2.75, 3.05) is 0 Å². The minimum atomic E-state index is -4.43. The number of nitrogens with one attached hydrogen (secondary N) is 1. The highest BCUT2D eigenvalue weighted by Gasteiger charge is 2.30. The highest BCUT2D eigenvalue weighted by molar-refractivity contribution is 5.78. The molecule has 0 spiro atoms. The second-order valence-electron chi connectivity index (χ2n) is 6.45. The highest BCUT2D eigenvalue weighted by Crippen LogP contribution is 2.32. The van der Waals surface area contributed by atoms with Crippen LogP contribution in [-0.2, 0) is 12.7 Å². The molecule has 4 aromatic rings. The highest BCUT2D eigenvalue weighted by atomic mass is 19.4. The van der Waals surface area contributed by atoms with Crippen molar-refractivity contribution in [3.8, 4) is 11.1 Å². The molecule has 4 rings (SSSR count). The van der Waals surface area contributed by atoms with Gasteiger partial charge in [0.15, 0.2) is 5.65 Å². The molecule has 0 aliphatic heterocycles. The average Bonchev–Trinajstić information content (AvgIpc) is 2.97. The topological polar surface area (TPSA) is 63.6 Å². The van der Waals surface area contributed by atoms with E-state index in [1.54, 1.807) is 18.3 Å². The Bertz CT molecular complexity index is 1220. The summed E-state index contributed by atoms with van der Waals surface area (Å²) in [6, 6.07) is 10.4. The van der Waals surface area contributed by atoms with Gasteiger partial charge in [0.1, 0.15) is 0 Å². The predicted molar refractivity (Wildman–Crippen MR) is 98.9 cm³/mol. The summed E-state index contributed by atoms with van der Waals surface area (Å²) >= 11 is 0. The number of aryl methyl sites for hydroxylation is 1. The van der Waals surface area contributed by atoms with Crippen LogP contribution in [0.3, 0.4) is 0 Å². The first kappa shape index (κ1) is 18.0. The summed E-state index contributed by atoms with van der Waals surface area (Å²) in [5.41, 5.74) is 2.32. The third-order valence-electron chi connectivity index (χ3n) is 4.58. The van der Waals surface area contributed by atoms with Gasteiger partial charge < -0.3 is 0 Å². The van der Waals surface area contributed by atoms with Crippen LogP contribution < -0.4 is 5.69 Å². The van der Waals surface area contributed by atoms with E-state index in [2.05, 4.69) is 15.0 Å². The molecule has 0 fully saturated rings. The molecule has 3 heterocycles. The van der Waals surface area contributed by atoms with Crippen LogP contribution in [0.1, 0.15) is 16.8 Å². The molecule has 0 radical (unpaired) electrons. The first-order valence-corrected chi connectivity index (χ1v) is 8.49. The van der Waals surface area contributed by atoms with Gasteiger partial charge in [-0.05, 0) is 42.3 Å². The molecule has 0 saturated heterocycles. The van der Waals surface area contributed by atoms with E-state index in [0.29, 0.717) is 22.3 Å².